The first-order valence-corrected chi connectivity index (χ1v) is 9.10. The molecule has 4 nitrogen and oxygen atoms in total. The molecule has 1 saturated heterocycles. The van der Waals surface area contributed by atoms with Gasteiger partial charge in [0, 0.05) is 55.9 Å². The van der Waals surface area contributed by atoms with Gasteiger partial charge in [-0.1, -0.05) is 36.4 Å². The van der Waals surface area contributed by atoms with Crippen LogP contribution < -0.4 is 15.5 Å². The van der Waals surface area contributed by atoms with Crippen LogP contribution in [0.3, 0.4) is 0 Å². The number of para-hydroxylation sites is 2. The normalized spacial score (nSPS) is 18.0. The van der Waals surface area contributed by atoms with Gasteiger partial charge in [-0.25, -0.2) is 0 Å². The van der Waals surface area contributed by atoms with Gasteiger partial charge in [-0.2, -0.15) is 0 Å². The molecular formula is C20H22N4S. The van der Waals surface area contributed by atoms with E-state index in [1.807, 2.05) is 6.20 Å². The highest BCUT2D eigenvalue weighted by atomic mass is 32.1. The Bertz CT molecular complexity index is 779. The summed E-state index contributed by atoms with van der Waals surface area (Å²) in [4.78, 5) is 4.66. The standard InChI is InChI=1S/C20H22N4S/c25-20(22-15-16-14-21-19-9-5-4-8-18(16)19)24-12-10-23(11-13-24)17-6-2-1-3-7-17/h1-9,15,21H,10-14H2,(H,22,25)/b16-15-. The smallest absolute Gasteiger partial charge is 0.173 e. The molecule has 0 spiro atoms. The molecule has 0 atom stereocenters. The van der Waals surface area contributed by atoms with Gasteiger partial charge >= 0.3 is 0 Å². The van der Waals surface area contributed by atoms with Gasteiger partial charge in [0.15, 0.2) is 5.11 Å². The minimum absolute atomic E-state index is 0.810. The van der Waals surface area contributed by atoms with Gasteiger partial charge in [-0.05, 0) is 36.0 Å². The molecule has 25 heavy (non-hydrogen) atoms. The van der Waals surface area contributed by atoms with Crippen LogP contribution in [0.2, 0.25) is 0 Å². The van der Waals surface area contributed by atoms with Crippen molar-refractivity contribution in [3.63, 3.8) is 0 Å². The number of rotatable bonds is 2. The highest BCUT2D eigenvalue weighted by Crippen LogP contribution is 2.29. The van der Waals surface area contributed by atoms with Crippen LogP contribution in [-0.4, -0.2) is 42.7 Å². The summed E-state index contributed by atoms with van der Waals surface area (Å²) in [5.74, 6) is 0. The Morgan fingerprint density at radius 2 is 1.68 bits per heavy atom. The predicted molar refractivity (Wildman–Crippen MR) is 109 cm³/mol. The van der Waals surface area contributed by atoms with Crippen molar-refractivity contribution in [3.8, 4) is 0 Å². The van der Waals surface area contributed by atoms with Crippen LogP contribution in [-0.2, 0) is 0 Å². The van der Waals surface area contributed by atoms with Gasteiger partial charge in [0.05, 0.1) is 0 Å². The molecule has 2 N–H and O–H groups in total. The Balaban J connectivity index is 1.34. The molecule has 0 amide bonds. The molecule has 2 aromatic rings. The van der Waals surface area contributed by atoms with Gasteiger partial charge in [0.1, 0.15) is 0 Å². The maximum absolute atomic E-state index is 5.59. The van der Waals surface area contributed by atoms with Crippen LogP contribution in [0.1, 0.15) is 5.56 Å². The van der Waals surface area contributed by atoms with Crippen molar-refractivity contribution >= 4 is 34.3 Å². The first kappa shape index (κ1) is 16.0. The van der Waals surface area contributed by atoms with Crippen molar-refractivity contribution in [2.24, 2.45) is 0 Å². The number of benzene rings is 2. The van der Waals surface area contributed by atoms with Crippen molar-refractivity contribution < 1.29 is 0 Å². The molecule has 2 aliphatic heterocycles. The molecule has 2 heterocycles. The monoisotopic (exact) mass is 350 g/mol. The number of nitrogens with zero attached hydrogens (tertiary/aromatic N) is 2. The minimum atomic E-state index is 0.810. The molecule has 0 aliphatic carbocycles. The highest BCUT2D eigenvalue weighted by Gasteiger charge is 2.19. The fraction of sp³-hybridized carbons (Fsp3) is 0.250. The van der Waals surface area contributed by atoms with E-state index >= 15 is 0 Å². The zero-order valence-corrected chi connectivity index (χ0v) is 14.9. The Morgan fingerprint density at radius 1 is 0.960 bits per heavy atom. The molecule has 0 saturated carbocycles. The molecule has 2 aliphatic rings. The second-order valence-electron chi connectivity index (χ2n) is 6.33. The number of thiocarbonyl (C=S) groups is 1. The lowest BCUT2D eigenvalue weighted by Crippen LogP contribution is -2.51. The molecule has 5 heteroatoms. The largest absolute Gasteiger partial charge is 0.380 e. The van der Waals surface area contributed by atoms with Crippen molar-refractivity contribution in [1.29, 1.82) is 0 Å². The van der Waals surface area contributed by atoms with Crippen molar-refractivity contribution in [2.45, 2.75) is 0 Å². The summed E-state index contributed by atoms with van der Waals surface area (Å²) in [5.41, 5.74) is 4.99. The van der Waals surface area contributed by atoms with E-state index in [0.29, 0.717) is 0 Å². The molecule has 128 valence electrons. The Morgan fingerprint density at radius 3 is 2.48 bits per heavy atom. The van der Waals surface area contributed by atoms with Crippen molar-refractivity contribution in [1.82, 2.24) is 10.2 Å². The SMILES string of the molecule is S=C(N/C=C1/CNc2ccccc21)N1CCN(c2ccccc2)CC1. The molecule has 4 rings (SSSR count). The second kappa shape index (κ2) is 7.15. The summed E-state index contributed by atoms with van der Waals surface area (Å²) in [6, 6.07) is 19.0. The zero-order chi connectivity index (χ0) is 17.1. The van der Waals surface area contributed by atoms with E-state index in [1.54, 1.807) is 0 Å². The van der Waals surface area contributed by atoms with E-state index in [-0.39, 0.29) is 0 Å². The third-order valence-corrected chi connectivity index (χ3v) is 5.18. The number of nitrogens with one attached hydrogen (secondary N) is 2. The third kappa shape index (κ3) is 3.46. The summed E-state index contributed by atoms with van der Waals surface area (Å²) in [6.45, 7) is 4.72. The van der Waals surface area contributed by atoms with Gasteiger partial charge in [-0.3, -0.25) is 0 Å². The van der Waals surface area contributed by atoms with E-state index in [2.05, 4.69) is 75.0 Å². The average molecular weight is 350 g/mol. The first-order chi connectivity index (χ1) is 12.3. The Kier molecular flexibility index (Phi) is 4.57. The van der Waals surface area contributed by atoms with Gasteiger partial charge < -0.3 is 20.4 Å². The molecule has 0 bridgehead atoms. The quantitative estimate of drug-likeness (QED) is 0.813. The van der Waals surface area contributed by atoms with Crippen molar-refractivity contribution in [3.05, 3.63) is 66.4 Å². The molecular weight excluding hydrogens is 328 g/mol. The topological polar surface area (TPSA) is 30.5 Å². The van der Waals surface area contributed by atoms with E-state index in [1.165, 1.54) is 22.5 Å². The maximum atomic E-state index is 5.59. The Labute approximate surface area is 154 Å². The molecule has 1 fully saturated rings. The predicted octanol–water partition coefficient (Wildman–Crippen LogP) is 3.15. The maximum Gasteiger partial charge on any atom is 0.173 e. The summed E-state index contributed by atoms with van der Waals surface area (Å²) in [5, 5.41) is 7.54. The average Bonchev–Trinajstić information content (AvgIpc) is 3.10. The summed E-state index contributed by atoms with van der Waals surface area (Å²) < 4.78 is 0. The second-order valence-corrected chi connectivity index (χ2v) is 6.71. The number of hydrogen-bond donors (Lipinski definition) is 2. The minimum Gasteiger partial charge on any atom is -0.380 e. The molecule has 0 aromatic heterocycles. The van der Waals surface area contributed by atoms with Crippen LogP contribution in [0.15, 0.2) is 60.8 Å². The van der Waals surface area contributed by atoms with E-state index in [4.69, 9.17) is 12.2 Å². The van der Waals surface area contributed by atoms with Crippen LogP contribution in [0, 0.1) is 0 Å². The van der Waals surface area contributed by atoms with E-state index in [9.17, 15) is 0 Å². The third-order valence-electron chi connectivity index (χ3n) is 4.80. The summed E-state index contributed by atoms with van der Waals surface area (Å²) >= 11 is 5.59. The molecule has 0 unspecified atom stereocenters. The van der Waals surface area contributed by atoms with Crippen LogP contribution in [0.5, 0.6) is 0 Å². The Hall–Kier alpha value is -2.53. The van der Waals surface area contributed by atoms with Gasteiger partial charge in [0.25, 0.3) is 0 Å². The van der Waals surface area contributed by atoms with Crippen LogP contribution in [0.25, 0.3) is 5.57 Å². The number of hydrogen-bond acceptors (Lipinski definition) is 3. The lowest BCUT2D eigenvalue weighted by molar-refractivity contribution is 0.384. The first-order valence-electron chi connectivity index (χ1n) is 8.69. The number of piperazine rings is 1. The van der Waals surface area contributed by atoms with Gasteiger partial charge in [0.2, 0.25) is 0 Å². The lowest BCUT2D eigenvalue weighted by atomic mass is 10.1. The van der Waals surface area contributed by atoms with Crippen molar-refractivity contribution in [2.75, 3.05) is 42.9 Å². The number of anilines is 2. The molecule has 2 aromatic carbocycles. The summed E-state index contributed by atoms with van der Waals surface area (Å²) in [7, 11) is 0. The zero-order valence-electron chi connectivity index (χ0n) is 14.1. The number of fused-ring (bicyclic) bond motifs is 1. The fourth-order valence-corrected chi connectivity index (χ4v) is 3.62. The van der Waals surface area contributed by atoms with Gasteiger partial charge in [-0.15, -0.1) is 0 Å². The summed E-state index contributed by atoms with van der Waals surface area (Å²) in [6.07, 6.45) is 2.05. The lowest BCUT2D eigenvalue weighted by Gasteiger charge is -2.37. The molecule has 0 radical (unpaired) electrons. The highest BCUT2D eigenvalue weighted by molar-refractivity contribution is 7.80. The fourth-order valence-electron chi connectivity index (χ4n) is 3.38. The van der Waals surface area contributed by atoms with E-state index in [0.717, 1.165) is 37.8 Å². The van der Waals surface area contributed by atoms with E-state index < -0.39 is 0 Å². The van der Waals surface area contributed by atoms with Crippen LogP contribution in [0.4, 0.5) is 11.4 Å². The van der Waals surface area contributed by atoms with Crippen LogP contribution >= 0.6 is 12.2 Å².